The third-order valence-corrected chi connectivity index (χ3v) is 4.00. The molecule has 0 aliphatic heterocycles. The van der Waals surface area contributed by atoms with Crippen LogP contribution in [0.2, 0.25) is 0 Å². The topological polar surface area (TPSA) is 81.9 Å². The highest BCUT2D eigenvalue weighted by atomic mass is 16.5. The van der Waals surface area contributed by atoms with E-state index >= 15 is 0 Å². The number of methoxy groups -OCH3 is 1. The van der Waals surface area contributed by atoms with E-state index in [1.807, 2.05) is 22.8 Å². The number of nitrogens with zero attached hydrogens (tertiary/aromatic N) is 4. The van der Waals surface area contributed by atoms with Gasteiger partial charge in [0.15, 0.2) is 5.82 Å². The van der Waals surface area contributed by atoms with Crippen molar-refractivity contribution in [1.29, 1.82) is 0 Å². The molecular weight excluding hydrogens is 330 g/mol. The second-order valence-corrected chi connectivity index (χ2v) is 5.81. The lowest BCUT2D eigenvalue weighted by Crippen LogP contribution is -2.24. The van der Waals surface area contributed by atoms with E-state index in [4.69, 9.17) is 4.74 Å². The number of rotatable bonds is 7. The third kappa shape index (κ3) is 4.05. The summed E-state index contributed by atoms with van der Waals surface area (Å²) in [5.74, 6) is 1.30. The van der Waals surface area contributed by atoms with E-state index in [1.54, 1.807) is 38.0 Å². The number of pyridine rings is 1. The monoisotopic (exact) mass is 351 g/mol. The minimum Gasteiger partial charge on any atom is -0.495 e. The average molecular weight is 351 g/mol. The summed E-state index contributed by atoms with van der Waals surface area (Å²) in [4.78, 5) is 16.5. The number of aryl methyl sites for hydroxylation is 1. The number of hydrogen-bond donors (Lipinski definition) is 1. The summed E-state index contributed by atoms with van der Waals surface area (Å²) in [5.41, 5.74) is 2.49. The molecule has 26 heavy (non-hydrogen) atoms. The van der Waals surface area contributed by atoms with Crippen LogP contribution in [-0.2, 0) is 13.1 Å². The molecule has 3 rings (SSSR count). The predicted octanol–water partition coefficient (Wildman–Crippen LogP) is 2.69. The molecule has 0 aliphatic rings. The molecule has 0 aliphatic carbocycles. The summed E-state index contributed by atoms with van der Waals surface area (Å²) in [6.07, 6.45) is 6.09. The maximum atomic E-state index is 12.4. The van der Waals surface area contributed by atoms with Gasteiger partial charge in [-0.1, -0.05) is 19.1 Å². The predicted molar refractivity (Wildman–Crippen MR) is 97.7 cm³/mol. The van der Waals surface area contributed by atoms with Crippen LogP contribution in [0.25, 0.3) is 11.1 Å². The molecule has 0 saturated carbocycles. The Morgan fingerprint density at radius 1 is 1.19 bits per heavy atom. The first kappa shape index (κ1) is 17.6. The summed E-state index contributed by atoms with van der Waals surface area (Å²) in [7, 11) is 1.61. The van der Waals surface area contributed by atoms with Gasteiger partial charge in [-0.05, 0) is 30.2 Å². The molecule has 0 radical (unpaired) electrons. The van der Waals surface area contributed by atoms with E-state index < -0.39 is 0 Å². The van der Waals surface area contributed by atoms with Crippen molar-refractivity contribution in [3.8, 4) is 16.9 Å². The van der Waals surface area contributed by atoms with Gasteiger partial charge in [-0.15, -0.1) is 10.2 Å². The first-order valence-corrected chi connectivity index (χ1v) is 8.45. The highest BCUT2D eigenvalue weighted by molar-refractivity contribution is 5.94. The highest BCUT2D eigenvalue weighted by Crippen LogP contribution is 2.22. The van der Waals surface area contributed by atoms with Crippen molar-refractivity contribution in [1.82, 2.24) is 25.1 Å². The Hall–Kier alpha value is -3.22. The molecule has 0 bridgehead atoms. The number of ether oxygens (including phenoxy) is 1. The first-order chi connectivity index (χ1) is 12.7. The van der Waals surface area contributed by atoms with Gasteiger partial charge in [0.05, 0.1) is 19.9 Å². The molecule has 1 amide bonds. The van der Waals surface area contributed by atoms with Crippen LogP contribution in [-0.4, -0.2) is 32.8 Å². The zero-order valence-electron chi connectivity index (χ0n) is 14.8. The lowest BCUT2D eigenvalue weighted by molar-refractivity contribution is 0.0949. The molecule has 2 aromatic heterocycles. The zero-order valence-corrected chi connectivity index (χ0v) is 14.8. The van der Waals surface area contributed by atoms with E-state index in [0.717, 1.165) is 29.9 Å². The van der Waals surface area contributed by atoms with Gasteiger partial charge in [0.25, 0.3) is 5.91 Å². The van der Waals surface area contributed by atoms with Crippen LogP contribution in [0.4, 0.5) is 0 Å². The van der Waals surface area contributed by atoms with E-state index in [2.05, 4.69) is 27.4 Å². The first-order valence-electron chi connectivity index (χ1n) is 8.45. The number of carbonyl (C=O) groups is 1. The van der Waals surface area contributed by atoms with Gasteiger partial charge in [0, 0.05) is 23.9 Å². The van der Waals surface area contributed by atoms with Gasteiger partial charge in [0.1, 0.15) is 12.1 Å². The van der Waals surface area contributed by atoms with Crippen LogP contribution in [0.5, 0.6) is 5.75 Å². The van der Waals surface area contributed by atoms with Crippen LogP contribution >= 0.6 is 0 Å². The van der Waals surface area contributed by atoms with E-state index in [0.29, 0.717) is 17.9 Å². The molecule has 0 spiro atoms. The number of carbonyl (C=O) groups excluding carboxylic acids is 1. The van der Waals surface area contributed by atoms with Gasteiger partial charge in [-0.3, -0.25) is 9.78 Å². The van der Waals surface area contributed by atoms with Crippen molar-refractivity contribution in [3.05, 3.63) is 60.4 Å². The fourth-order valence-corrected chi connectivity index (χ4v) is 2.61. The number of nitrogens with one attached hydrogen (secondary N) is 1. The summed E-state index contributed by atoms with van der Waals surface area (Å²) < 4.78 is 7.14. The molecular formula is C19H21N5O2. The van der Waals surface area contributed by atoms with Crippen molar-refractivity contribution in [3.63, 3.8) is 0 Å². The fraction of sp³-hybridized carbons (Fsp3) is 0.263. The van der Waals surface area contributed by atoms with E-state index in [9.17, 15) is 4.79 Å². The SMILES string of the molecule is CCCn1cnnc1CNC(=O)c1ccc(-c2cncc(OC)c2)cc1. The largest absolute Gasteiger partial charge is 0.495 e. The van der Waals surface area contributed by atoms with Gasteiger partial charge in [-0.2, -0.15) is 0 Å². The van der Waals surface area contributed by atoms with Gasteiger partial charge >= 0.3 is 0 Å². The van der Waals surface area contributed by atoms with E-state index in [1.165, 1.54) is 0 Å². The van der Waals surface area contributed by atoms with Crippen molar-refractivity contribution >= 4 is 5.91 Å². The van der Waals surface area contributed by atoms with Crippen molar-refractivity contribution in [2.45, 2.75) is 26.4 Å². The Morgan fingerprint density at radius 3 is 2.73 bits per heavy atom. The minimum atomic E-state index is -0.147. The normalized spacial score (nSPS) is 10.5. The molecule has 7 heteroatoms. The Labute approximate surface area is 152 Å². The summed E-state index contributed by atoms with van der Waals surface area (Å²) >= 11 is 0. The van der Waals surface area contributed by atoms with Crippen LogP contribution in [0.1, 0.15) is 29.5 Å². The van der Waals surface area contributed by atoms with Crippen molar-refractivity contribution < 1.29 is 9.53 Å². The average Bonchev–Trinajstić information content (AvgIpc) is 3.14. The van der Waals surface area contributed by atoms with E-state index in [-0.39, 0.29) is 5.91 Å². The highest BCUT2D eigenvalue weighted by Gasteiger charge is 2.09. The van der Waals surface area contributed by atoms with Crippen molar-refractivity contribution in [2.75, 3.05) is 7.11 Å². The second kappa shape index (κ2) is 8.24. The molecule has 2 heterocycles. The molecule has 7 nitrogen and oxygen atoms in total. The molecule has 0 atom stereocenters. The molecule has 3 aromatic rings. The van der Waals surface area contributed by atoms with Gasteiger partial charge < -0.3 is 14.6 Å². The number of aromatic nitrogens is 4. The summed E-state index contributed by atoms with van der Waals surface area (Å²) in [6.45, 7) is 3.27. The summed E-state index contributed by atoms with van der Waals surface area (Å²) in [6, 6.07) is 9.28. The Kier molecular flexibility index (Phi) is 5.58. The third-order valence-electron chi connectivity index (χ3n) is 4.00. The Balaban J connectivity index is 1.66. The molecule has 1 N–H and O–H groups in total. The number of amides is 1. The molecule has 0 saturated heterocycles. The van der Waals surface area contributed by atoms with Gasteiger partial charge in [0.2, 0.25) is 0 Å². The molecule has 0 fully saturated rings. The maximum Gasteiger partial charge on any atom is 0.251 e. The van der Waals surface area contributed by atoms with Crippen molar-refractivity contribution in [2.24, 2.45) is 0 Å². The summed E-state index contributed by atoms with van der Waals surface area (Å²) in [5, 5.41) is 10.8. The standard InChI is InChI=1S/C19H21N5O2/c1-3-8-24-13-22-23-18(24)12-21-19(25)15-6-4-14(5-7-15)16-9-17(26-2)11-20-10-16/h4-7,9-11,13H,3,8,12H2,1-2H3,(H,21,25). The van der Waals surface area contributed by atoms with Crippen LogP contribution in [0, 0.1) is 0 Å². The quantitative estimate of drug-likeness (QED) is 0.708. The number of hydrogen-bond acceptors (Lipinski definition) is 5. The zero-order chi connectivity index (χ0) is 18.4. The lowest BCUT2D eigenvalue weighted by atomic mass is 10.1. The molecule has 1 aromatic carbocycles. The fourth-order valence-electron chi connectivity index (χ4n) is 2.61. The van der Waals surface area contributed by atoms with Crippen LogP contribution < -0.4 is 10.1 Å². The molecule has 0 unspecified atom stereocenters. The lowest BCUT2D eigenvalue weighted by Gasteiger charge is -2.08. The maximum absolute atomic E-state index is 12.4. The minimum absolute atomic E-state index is 0.147. The van der Waals surface area contributed by atoms with Gasteiger partial charge in [-0.25, -0.2) is 0 Å². The Bertz CT molecular complexity index is 874. The Morgan fingerprint density at radius 2 is 2.00 bits per heavy atom. The smallest absolute Gasteiger partial charge is 0.251 e. The molecule has 134 valence electrons. The number of benzene rings is 1. The van der Waals surface area contributed by atoms with Crippen LogP contribution in [0.3, 0.4) is 0 Å². The van der Waals surface area contributed by atoms with Crippen LogP contribution in [0.15, 0.2) is 49.1 Å². The second-order valence-electron chi connectivity index (χ2n) is 5.81.